The first-order valence-electron chi connectivity index (χ1n) is 7.27. The second-order valence-electron chi connectivity index (χ2n) is 5.72. The van der Waals surface area contributed by atoms with Crippen LogP contribution in [0.25, 0.3) is 0 Å². The van der Waals surface area contributed by atoms with Crippen molar-refractivity contribution in [2.24, 2.45) is 11.8 Å². The standard InChI is InChI=1S/C14H26N2O/c1-12(11-13-5-3-2-4-6-13)14(17)16-9-7-15-8-10-16/h12-13,15H,2-11H2,1H3. The van der Waals surface area contributed by atoms with Crippen LogP contribution in [-0.2, 0) is 4.79 Å². The zero-order chi connectivity index (χ0) is 12.1. The molecule has 3 nitrogen and oxygen atoms in total. The van der Waals surface area contributed by atoms with Crippen LogP contribution < -0.4 is 5.32 Å². The van der Waals surface area contributed by atoms with Gasteiger partial charge in [0.05, 0.1) is 0 Å². The number of carbonyl (C=O) groups excluding carboxylic acids is 1. The average Bonchev–Trinajstić information content (AvgIpc) is 2.40. The van der Waals surface area contributed by atoms with E-state index in [1.54, 1.807) is 0 Å². The SMILES string of the molecule is CC(CC1CCCCC1)C(=O)N1CCNCC1. The predicted octanol–water partition coefficient (Wildman–Crippen LogP) is 2.02. The van der Waals surface area contributed by atoms with Crippen molar-refractivity contribution in [2.75, 3.05) is 26.2 Å². The molecule has 1 saturated carbocycles. The predicted molar refractivity (Wildman–Crippen MR) is 69.8 cm³/mol. The topological polar surface area (TPSA) is 32.3 Å². The smallest absolute Gasteiger partial charge is 0.225 e. The van der Waals surface area contributed by atoms with Gasteiger partial charge in [0.1, 0.15) is 0 Å². The zero-order valence-electron chi connectivity index (χ0n) is 11.1. The van der Waals surface area contributed by atoms with Gasteiger partial charge in [0, 0.05) is 32.1 Å². The third-order valence-electron chi connectivity index (χ3n) is 4.26. The van der Waals surface area contributed by atoms with Gasteiger partial charge >= 0.3 is 0 Å². The molecule has 1 aliphatic carbocycles. The maximum Gasteiger partial charge on any atom is 0.225 e. The van der Waals surface area contributed by atoms with Gasteiger partial charge in [-0.3, -0.25) is 4.79 Å². The van der Waals surface area contributed by atoms with E-state index in [4.69, 9.17) is 0 Å². The number of nitrogens with one attached hydrogen (secondary N) is 1. The minimum absolute atomic E-state index is 0.233. The Morgan fingerprint density at radius 1 is 1.24 bits per heavy atom. The van der Waals surface area contributed by atoms with Gasteiger partial charge in [-0.2, -0.15) is 0 Å². The molecule has 1 saturated heterocycles. The highest BCUT2D eigenvalue weighted by Gasteiger charge is 2.25. The van der Waals surface area contributed by atoms with Crippen molar-refractivity contribution >= 4 is 5.91 Å². The molecule has 0 radical (unpaired) electrons. The first-order chi connectivity index (χ1) is 8.27. The zero-order valence-corrected chi connectivity index (χ0v) is 11.1. The van der Waals surface area contributed by atoms with Gasteiger partial charge in [0.2, 0.25) is 5.91 Å². The molecule has 17 heavy (non-hydrogen) atoms. The summed E-state index contributed by atoms with van der Waals surface area (Å²) < 4.78 is 0. The molecule has 0 aromatic heterocycles. The van der Waals surface area contributed by atoms with Gasteiger partial charge in [0.15, 0.2) is 0 Å². The Hall–Kier alpha value is -0.570. The minimum atomic E-state index is 0.233. The molecule has 0 bridgehead atoms. The number of piperazine rings is 1. The van der Waals surface area contributed by atoms with Crippen LogP contribution in [0.3, 0.4) is 0 Å². The van der Waals surface area contributed by atoms with E-state index in [0.717, 1.165) is 38.5 Å². The normalized spacial score (nSPS) is 24.6. The molecule has 1 aliphatic heterocycles. The molecule has 0 aromatic rings. The van der Waals surface area contributed by atoms with E-state index in [1.165, 1.54) is 32.1 Å². The summed E-state index contributed by atoms with van der Waals surface area (Å²) in [5.74, 6) is 1.43. The highest BCUT2D eigenvalue weighted by molar-refractivity contribution is 5.78. The van der Waals surface area contributed by atoms with Crippen molar-refractivity contribution in [2.45, 2.75) is 45.4 Å². The Balaban J connectivity index is 1.77. The van der Waals surface area contributed by atoms with Crippen molar-refractivity contribution in [1.29, 1.82) is 0 Å². The Labute approximate surface area is 105 Å². The van der Waals surface area contributed by atoms with E-state index in [0.29, 0.717) is 5.91 Å². The summed E-state index contributed by atoms with van der Waals surface area (Å²) in [5, 5.41) is 3.30. The van der Waals surface area contributed by atoms with Crippen molar-refractivity contribution in [3.05, 3.63) is 0 Å². The summed E-state index contributed by atoms with van der Waals surface area (Å²) in [6, 6.07) is 0. The first-order valence-corrected chi connectivity index (χ1v) is 7.27. The van der Waals surface area contributed by atoms with Crippen LogP contribution in [0.2, 0.25) is 0 Å². The Morgan fingerprint density at radius 3 is 2.53 bits per heavy atom. The lowest BCUT2D eigenvalue weighted by Gasteiger charge is -2.31. The van der Waals surface area contributed by atoms with Crippen LogP contribution in [0, 0.1) is 11.8 Å². The summed E-state index contributed by atoms with van der Waals surface area (Å²) in [6.45, 7) is 5.84. The quantitative estimate of drug-likeness (QED) is 0.816. The number of rotatable bonds is 3. The largest absolute Gasteiger partial charge is 0.340 e. The highest BCUT2D eigenvalue weighted by atomic mass is 16.2. The highest BCUT2D eigenvalue weighted by Crippen LogP contribution is 2.29. The van der Waals surface area contributed by atoms with Gasteiger partial charge in [-0.1, -0.05) is 39.0 Å². The third-order valence-corrected chi connectivity index (χ3v) is 4.26. The number of nitrogens with zero attached hydrogens (tertiary/aromatic N) is 1. The van der Waals surface area contributed by atoms with Gasteiger partial charge < -0.3 is 10.2 Å². The van der Waals surface area contributed by atoms with Crippen molar-refractivity contribution in [1.82, 2.24) is 10.2 Å². The van der Waals surface area contributed by atoms with Crippen LogP contribution in [0.4, 0.5) is 0 Å². The van der Waals surface area contributed by atoms with Crippen molar-refractivity contribution < 1.29 is 4.79 Å². The second-order valence-corrected chi connectivity index (χ2v) is 5.72. The van der Waals surface area contributed by atoms with Crippen LogP contribution in [0.5, 0.6) is 0 Å². The number of carbonyl (C=O) groups is 1. The fourth-order valence-electron chi connectivity index (χ4n) is 3.22. The molecule has 1 N–H and O–H groups in total. The Morgan fingerprint density at radius 2 is 1.88 bits per heavy atom. The van der Waals surface area contributed by atoms with Crippen molar-refractivity contribution in [3.8, 4) is 0 Å². The van der Waals surface area contributed by atoms with Crippen LogP contribution in [0.15, 0.2) is 0 Å². The van der Waals surface area contributed by atoms with E-state index < -0.39 is 0 Å². The lowest BCUT2D eigenvalue weighted by molar-refractivity contribution is -0.136. The van der Waals surface area contributed by atoms with Gasteiger partial charge in [-0.15, -0.1) is 0 Å². The number of hydrogen-bond donors (Lipinski definition) is 1. The fraction of sp³-hybridized carbons (Fsp3) is 0.929. The molecule has 0 spiro atoms. The van der Waals surface area contributed by atoms with Crippen molar-refractivity contribution in [3.63, 3.8) is 0 Å². The molecule has 3 heteroatoms. The Bertz CT molecular complexity index is 243. The van der Waals surface area contributed by atoms with Crippen LogP contribution >= 0.6 is 0 Å². The van der Waals surface area contributed by atoms with E-state index in [2.05, 4.69) is 12.2 Å². The molecular formula is C14H26N2O. The summed E-state index contributed by atoms with van der Waals surface area (Å²) >= 11 is 0. The molecule has 98 valence electrons. The number of hydrogen-bond acceptors (Lipinski definition) is 2. The fourth-order valence-corrected chi connectivity index (χ4v) is 3.22. The summed E-state index contributed by atoms with van der Waals surface area (Å²) in [7, 11) is 0. The monoisotopic (exact) mass is 238 g/mol. The maximum atomic E-state index is 12.3. The molecule has 1 unspecified atom stereocenters. The van der Waals surface area contributed by atoms with Gasteiger partial charge in [-0.05, 0) is 12.3 Å². The molecule has 2 fully saturated rings. The van der Waals surface area contributed by atoms with E-state index in [-0.39, 0.29) is 5.92 Å². The van der Waals surface area contributed by atoms with Gasteiger partial charge in [-0.25, -0.2) is 0 Å². The van der Waals surface area contributed by atoms with Gasteiger partial charge in [0.25, 0.3) is 0 Å². The van der Waals surface area contributed by atoms with E-state index >= 15 is 0 Å². The van der Waals surface area contributed by atoms with E-state index in [9.17, 15) is 4.79 Å². The molecule has 1 amide bonds. The average molecular weight is 238 g/mol. The maximum absolute atomic E-state index is 12.3. The molecule has 0 aromatic carbocycles. The number of amides is 1. The molecule has 1 heterocycles. The van der Waals surface area contributed by atoms with Crippen LogP contribution in [0.1, 0.15) is 45.4 Å². The molecule has 2 rings (SSSR count). The summed E-state index contributed by atoms with van der Waals surface area (Å²) in [5.41, 5.74) is 0. The molecular weight excluding hydrogens is 212 g/mol. The molecule has 1 atom stereocenters. The lowest BCUT2D eigenvalue weighted by atomic mass is 9.83. The third kappa shape index (κ3) is 3.70. The van der Waals surface area contributed by atoms with Crippen LogP contribution in [-0.4, -0.2) is 37.0 Å². The lowest BCUT2D eigenvalue weighted by Crippen LogP contribution is -2.48. The summed E-state index contributed by atoms with van der Waals surface area (Å²) in [6.07, 6.45) is 7.95. The molecule has 2 aliphatic rings. The first kappa shape index (κ1) is 12.9. The second kappa shape index (κ2) is 6.39. The minimum Gasteiger partial charge on any atom is -0.340 e. The Kier molecular flexibility index (Phi) is 4.84. The summed E-state index contributed by atoms with van der Waals surface area (Å²) in [4.78, 5) is 14.3. The van der Waals surface area contributed by atoms with E-state index in [1.807, 2.05) is 4.90 Å².